The van der Waals surface area contributed by atoms with E-state index in [0.29, 0.717) is 13.0 Å². The first kappa shape index (κ1) is 42.1. The summed E-state index contributed by atoms with van der Waals surface area (Å²) in [7, 11) is 0. The summed E-state index contributed by atoms with van der Waals surface area (Å²) in [5.74, 6) is -3.44. The van der Waals surface area contributed by atoms with Crippen LogP contribution in [0.4, 0.5) is 0 Å². The summed E-state index contributed by atoms with van der Waals surface area (Å²) < 4.78 is 44.5. The van der Waals surface area contributed by atoms with Gasteiger partial charge in [-0.3, -0.25) is 4.79 Å². The number of rotatable bonds is 28. The predicted octanol–water partition coefficient (Wildman–Crippen LogP) is 2.89. The van der Waals surface area contributed by atoms with Crippen molar-refractivity contribution in [3.8, 4) is 0 Å². The molecule has 0 aromatic heterocycles. The van der Waals surface area contributed by atoms with Gasteiger partial charge in [-0.25, -0.2) is 19.2 Å². The van der Waals surface area contributed by atoms with Gasteiger partial charge in [0.1, 0.15) is 33.0 Å². The standard InChI is InChI=1S/C33H48O13/c1-9-26(34)17-40-19-33(24-44-29(37)12-4,25-45-30(38)13-5)21-41-20-32(22-42-27(35)10-2,23-43-28(36)11-3)18-39-16-15-31(7,8)46-14-6/h9-13H,1-5,14-25H2,6-8H3. The third-order valence-corrected chi connectivity index (χ3v) is 6.24. The lowest BCUT2D eigenvalue weighted by atomic mass is 9.90. The number of hydrogen-bond acceptors (Lipinski definition) is 13. The van der Waals surface area contributed by atoms with E-state index in [1.54, 1.807) is 0 Å². The Kier molecular flexibility index (Phi) is 20.7. The third-order valence-electron chi connectivity index (χ3n) is 6.24. The van der Waals surface area contributed by atoms with Crippen molar-refractivity contribution in [3.05, 3.63) is 63.3 Å². The Morgan fingerprint density at radius 1 is 0.543 bits per heavy atom. The summed E-state index contributed by atoms with van der Waals surface area (Å²) in [6.07, 6.45) is 5.43. The molecular weight excluding hydrogens is 604 g/mol. The molecular formula is C33H48O13. The van der Waals surface area contributed by atoms with Crippen molar-refractivity contribution in [2.24, 2.45) is 10.8 Å². The van der Waals surface area contributed by atoms with E-state index in [0.717, 1.165) is 30.4 Å². The van der Waals surface area contributed by atoms with Gasteiger partial charge in [-0.1, -0.05) is 32.9 Å². The Labute approximate surface area is 271 Å². The lowest BCUT2D eigenvalue weighted by Gasteiger charge is -2.36. The van der Waals surface area contributed by atoms with E-state index in [9.17, 15) is 24.0 Å². The fourth-order valence-corrected chi connectivity index (χ4v) is 3.61. The average Bonchev–Trinajstić information content (AvgIpc) is 3.05. The van der Waals surface area contributed by atoms with E-state index in [-0.39, 0.29) is 66.1 Å². The predicted molar refractivity (Wildman–Crippen MR) is 167 cm³/mol. The molecule has 0 spiro atoms. The first-order chi connectivity index (χ1) is 21.7. The Morgan fingerprint density at radius 2 is 0.913 bits per heavy atom. The van der Waals surface area contributed by atoms with Crippen LogP contribution in [0.3, 0.4) is 0 Å². The fourth-order valence-electron chi connectivity index (χ4n) is 3.61. The largest absolute Gasteiger partial charge is 0.462 e. The maximum absolute atomic E-state index is 12.0. The minimum Gasteiger partial charge on any atom is -0.462 e. The molecule has 0 unspecified atom stereocenters. The fraction of sp³-hybridized carbons (Fsp3) is 0.545. The molecule has 0 atom stereocenters. The number of carbonyl (C=O) groups excluding carboxylic acids is 5. The number of esters is 4. The van der Waals surface area contributed by atoms with Gasteiger partial charge in [0.25, 0.3) is 0 Å². The summed E-state index contributed by atoms with van der Waals surface area (Å²) in [6.45, 7) is 20.8. The van der Waals surface area contributed by atoms with E-state index >= 15 is 0 Å². The summed E-state index contributed by atoms with van der Waals surface area (Å²) in [4.78, 5) is 59.8. The van der Waals surface area contributed by atoms with Crippen molar-refractivity contribution < 1.29 is 61.9 Å². The van der Waals surface area contributed by atoms with Crippen molar-refractivity contribution in [2.45, 2.75) is 32.8 Å². The summed E-state index contributed by atoms with van der Waals surface area (Å²) >= 11 is 0. The summed E-state index contributed by atoms with van der Waals surface area (Å²) in [5.41, 5.74) is -3.08. The molecule has 46 heavy (non-hydrogen) atoms. The van der Waals surface area contributed by atoms with E-state index in [4.69, 9.17) is 37.9 Å². The molecule has 0 saturated heterocycles. The van der Waals surface area contributed by atoms with Gasteiger partial charge in [-0.2, -0.15) is 0 Å². The second kappa shape index (κ2) is 22.6. The second-order valence-electron chi connectivity index (χ2n) is 10.9. The highest BCUT2D eigenvalue weighted by atomic mass is 16.6. The molecule has 0 bridgehead atoms. The summed E-state index contributed by atoms with van der Waals surface area (Å²) in [6, 6.07) is 0. The van der Waals surface area contributed by atoms with Crippen LogP contribution in [0.5, 0.6) is 0 Å². The zero-order chi connectivity index (χ0) is 35.1. The van der Waals surface area contributed by atoms with Gasteiger partial charge in [0.15, 0.2) is 5.78 Å². The highest BCUT2D eigenvalue weighted by Gasteiger charge is 2.39. The molecule has 0 aliphatic rings. The van der Waals surface area contributed by atoms with Crippen LogP contribution in [0.25, 0.3) is 0 Å². The highest BCUT2D eigenvalue weighted by Crippen LogP contribution is 2.26. The monoisotopic (exact) mass is 652 g/mol. The molecule has 0 rings (SSSR count). The van der Waals surface area contributed by atoms with Crippen LogP contribution in [-0.2, 0) is 61.9 Å². The van der Waals surface area contributed by atoms with Gasteiger partial charge < -0.3 is 37.9 Å². The Bertz CT molecular complexity index is 1010. The molecule has 0 aromatic rings. The van der Waals surface area contributed by atoms with Crippen LogP contribution in [-0.4, -0.2) is 108 Å². The molecule has 0 aliphatic carbocycles. The van der Waals surface area contributed by atoms with Crippen molar-refractivity contribution >= 4 is 29.7 Å². The zero-order valence-corrected chi connectivity index (χ0v) is 27.2. The zero-order valence-electron chi connectivity index (χ0n) is 27.2. The van der Waals surface area contributed by atoms with Gasteiger partial charge >= 0.3 is 23.9 Å². The minimum atomic E-state index is -1.34. The number of ketones is 1. The van der Waals surface area contributed by atoms with Gasteiger partial charge in [0, 0.05) is 37.5 Å². The molecule has 13 nitrogen and oxygen atoms in total. The van der Waals surface area contributed by atoms with Crippen LogP contribution in [0.1, 0.15) is 27.2 Å². The van der Waals surface area contributed by atoms with Gasteiger partial charge in [-0.05, 0) is 33.3 Å². The topological polar surface area (TPSA) is 159 Å². The lowest BCUT2D eigenvalue weighted by molar-refractivity contribution is -0.167. The maximum Gasteiger partial charge on any atom is 0.330 e. The van der Waals surface area contributed by atoms with E-state index < -0.39 is 46.1 Å². The number of ether oxygens (including phenoxy) is 8. The smallest absolute Gasteiger partial charge is 0.330 e. The van der Waals surface area contributed by atoms with E-state index in [1.165, 1.54) is 0 Å². The average molecular weight is 653 g/mol. The summed E-state index contributed by atoms with van der Waals surface area (Å²) in [5, 5.41) is 0. The molecule has 0 N–H and O–H groups in total. The van der Waals surface area contributed by atoms with E-state index in [2.05, 4.69) is 32.9 Å². The molecule has 0 aromatic carbocycles. The van der Waals surface area contributed by atoms with Crippen LogP contribution in [0, 0.1) is 10.8 Å². The molecule has 0 radical (unpaired) electrons. The third kappa shape index (κ3) is 18.2. The van der Waals surface area contributed by atoms with Crippen LogP contribution in [0.2, 0.25) is 0 Å². The minimum absolute atomic E-state index is 0.0989. The maximum atomic E-state index is 12.0. The first-order valence-electron chi connectivity index (χ1n) is 14.4. The Hall–Kier alpha value is -3.91. The van der Waals surface area contributed by atoms with Crippen molar-refractivity contribution in [3.63, 3.8) is 0 Å². The van der Waals surface area contributed by atoms with Gasteiger partial charge in [0.05, 0.1) is 42.9 Å². The number of carbonyl (C=O) groups is 5. The lowest BCUT2D eigenvalue weighted by Crippen LogP contribution is -2.47. The van der Waals surface area contributed by atoms with Crippen LogP contribution >= 0.6 is 0 Å². The molecule has 258 valence electrons. The molecule has 0 fully saturated rings. The molecule has 0 amide bonds. The number of hydrogen-bond donors (Lipinski definition) is 0. The molecule has 0 saturated carbocycles. The van der Waals surface area contributed by atoms with Gasteiger partial charge in [0.2, 0.25) is 0 Å². The quantitative estimate of drug-likeness (QED) is 0.0526. The SMILES string of the molecule is C=CC(=O)COCC(COCC(COCCC(C)(C)OCC)(COC(=O)C=C)COC(=O)C=C)(COC(=O)C=C)COC(=O)C=C. The van der Waals surface area contributed by atoms with E-state index in [1.807, 2.05) is 20.8 Å². The van der Waals surface area contributed by atoms with Crippen molar-refractivity contribution in [1.29, 1.82) is 0 Å². The Morgan fingerprint density at radius 3 is 1.26 bits per heavy atom. The Balaban J connectivity index is 6.32. The molecule has 0 heterocycles. The van der Waals surface area contributed by atoms with Gasteiger partial charge in [-0.15, -0.1) is 0 Å². The highest BCUT2D eigenvalue weighted by molar-refractivity contribution is 5.90. The van der Waals surface area contributed by atoms with Crippen LogP contribution < -0.4 is 0 Å². The van der Waals surface area contributed by atoms with Crippen LogP contribution in [0.15, 0.2) is 63.3 Å². The molecule has 0 aliphatic heterocycles. The first-order valence-corrected chi connectivity index (χ1v) is 14.4. The normalized spacial score (nSPS) is 11.5. The van der Waals surface area contributed by atoms with Crippen molar-refractivity contribution in [1.82, 2.24) is 0 Å². The second-order valence-corrected chi connectivity index (χ2v) is 10.9. The molecule has 13 heteroatoms. The van der Waals surface area contributed by atoms with Crippen molar-refractivity contribution in [2.75, 3.05) is 72.7 Å².